The smallest absolute Gasteiger partial charge is 0.299 e. The molecule has 0 fully saturated rings. The van der Waals surface area contributed by atoms with Gasteiger partial charge in [0.2, 0.25) is 0 Å². The second-order valence-electron chi connectivity index (χ2n) is 4.35. The SMILES string of the molecule is CCn1cc(C#N)c(=O)n(Cc2ccc(F)cc2Cl)c1=O. The van der Waals surface area contributed by atoms with Crippen LogP contribution in [-0.2, 0) is 13.1 Å². The van der Waals surface area contributed by atoms with E-state index in [0.29, 0.717) is 12.1 Å². The highest BCUT2D eigenvalue weighted by Crippen LogP contribution is 2.17. The zero-order chi connectivity index (χ0) is 15.6. The van der Waals surface area contributed by atoms with E-state index in [0.717, 1.165) is 10.6 Å². The third-order valence-corrected chi connectivity index (χ3v) is 3.39. The van der Waals surface area contributed by atoms with Gasteiger partial charge in [-0.05, 0) is 24.6 Å². The quantitative estimate of drug-likeness (QED) is 0.867. The first-order chi connectivity index (χ1) is 9.97. The third kappa shape index (κ3) is 2.88. The lowest BCUT2D eigenvalue weighted by atomic mass is 10.2. The first-order valence-electron chi connectivity index (χ1n) is 6.16. The van der Waals surface area contributed by atoms with Gasteiger partial charge in [0.05, 0.1) is 6.54 Å². The zero-order valence-electron chi connectivity index (χ0n) is 11.1. The number of halogens is 2. The molecule has 0 unspecified atom stereocenters. The van der Waals surface area contributed by atoms with Gasteiger partial charge in [0, 0.05) is 17.8 Å². The number of benzene rings is 1. The predicted octanol–water partition coefficient (Wildman–Crippen LogP) is 1.74. The molecule has 1 aromatic carbocycles. The molecule has 0 radical (unpaired) electrons. The fraction of sp³-hybridized carbons (Fsp3) is 0.214. The van der Waals surface area contributed by atoms with Crippen molar-refractivity contribution in [3.05, 3.63) is 67.2 Å². The second kappa shape index (κ2) is 5.94. The first-order valence-corrected chi connectivity index (χ1v) is 6.54. The number of hydrogen-bond acceptors (Lipinski definition) is 3. The van der Waals surface area contributed by atoms with Crippen LogP contribution in [0.3, 0.4) is 0 Å². The van der Waals surface area contributed by atoms with Crippen LogP contribution in [0.25, 0.3) is 0 Å². The van der Waals surface area contributed by atoms with Crippen LogP contribution in [0.5, 0.6) is 0 Å². The van der Waals surface area contributed by atoms with E-state index in [1.165, 1.54) is 22.9 Å². The monoisotopic (exact) mass is 307 g/mol. The summed E-state index contributed by atoms with van der Waals surface area (Å²) in [6.45, 7) is 1.93. The summed E-state index contributed by atoms with van der Waals surface area (Å²) in [4.78, 5) is 24.3. The van der Waals surface area contributed by atoms with Crippen molar-refractivity contribution in [2.75, 3.05) is 0 Å². The molecule has 0 spiro atoms. The van der Waals surface area contributed by atoms with Crippen molar-refractivity contribution in [1.82, 2.24) is 9.13 Å². The Kier molecular flexibility index (Phi) is 4.24. The molecule has 5 nitrogen and oxygen atoms in total. The van der Waals surface area contributed by atoms with Gasteiger partial charge in [0.1, 0.15) is 17.4 Å². The molecular formula is C14H11ClFN3O2. The average Bonchev–Trinajstić information content (AvgIpc) is 2.46. The number of nitriles is 1. The highest BCUT2D eigenvalue weighted by Gasteiger charge is 2.12. The Hall–Kier alpha value is -2.39. The molecule has 1 heterocycles. The van der Waals surface area contributed by atoms with Crippen molar-refractivity contribution in [3.8, 4) is 6.07 Å². The summed E-state index contributed by atoms with van der Waals surface area (Å²) >= 11 is 5.90. The van der Waals surface area contributed by atoms with E-state index < -0.39 is 17.1 Å². The van der Waals surface area contributed by atoms with Crippen molar-refractivity contribution >= 4 is 11.6 Å². The standard InChI is InChI=1S/C14H11ClFN3O2/c1-2-18-7-10(6-17)13(20)19(14(18)21)8-9-3-4-11(16)5-12(9)15/h3-5,7H,2,8H2,1H3. The second-order valence-corrected chi connectivity index (χ2v) is 4.76. The van der Waals surface area contributed by atoms with Crippen molar-refractivity contribution in [2.45, 2.75) is 20.0 Å². The van der Waals surface area contributed by atoms with Gasteiger partial charge in [0.25, 0.3) is 5.56 Å². The van der Waals surface area contributed by atoms with Gasteiger partial charge in [0.15, 0.2) is 0 Å². The van der Waals surface area contributed by atoms with E-state index in [-0.39, 0.29) is 17.1 Å². The van der Waals surface area contributed by atoms with Gasteiger partial charge in [-0.2, -0.15) is 5.26 Å². The van der Waals surface area contributed by atoms with E-state index in [9.17, 15) is 14.0 Å². The summed E-state index contributed by atoms with van der Waals surface area (Å²) in [5, 5.41) is 9.07. The van der Waals surface area contributed by atoms with E-state index in [1.807, 2.05) is 0 Å². The zero-order valence-corrected chi connectivity index (χ0v) is 11.9. The highest BCUT2D eigenvalue weighted by molar-refractivity contribution is 6.31. The molecule has 0 aliphatic rings. The molecule has 0 aliphatic carbocycles. The minimum atomic E-state index is -0.687. The van der Waals surface area contributed by atoms with Crippen molar-refractivity contribution in [2.24, 2.45) is 0 Å². The molecule has 0 N–H and O–H groups in total. The Morgan fingerprint density at radius 1 is 1.38 bits per heavy atom. The molecule has 7 heteroatoms. The highest BCUT2D eigenvalue weighted by atomic mass is 35.5. The number of hydrogen-bond donors (Lipinski definition) is 0. The molecule has 0 bridgehead atoms. The van der Waals surface area contributed by atoms with Crippen LogP contribution in [0.2, 0.25) is 5.02 Å². The Labute approximate surface area is 124 Å². The lowest BCUT2D eigenvalue weighted by Crippen LogP contribution is -2.41. The van der Waals surface area contributed by atoms with Crippen LogP contribution in [0.4, 0.5) is 4.39 Å². The molecule has 108 valence electrons. The summed E-state index contributed by atoms with van der Waals surface area (Å²) in [5.74, 6) is -0.507. The third-order valence-electron chi connectivity index (χ3n) is 3.04. The summed E-state index contributed by atoms with van der Waals surface area (Å²) < 4.78 is 15.2. The number of nitrogens with zero attached hydrogens (tertiary/aromatic N) is 3. The molecule has 0 saturated carbocycles. The van der Waals surface area contributed by atoms with Gasteiger partial charge in [-0.3, -0.25) is 13.9 Å². The Morgan fingerprint density at radius 2 is 2.10 bits per heavy atom. The van der Waals surface area contributed by atoms with Crippen LogP contribution in [0.1, 0.15) is 18.1 Å². The van der Waals surface area contributed by atoms with Gasteiger partial charge in [-0.25, -0.2) is 9.18 Å². The van der Waals surface area contributed by atoms with E-state index >= 15 is 0 Å². The molecule has 0 aliphatic heterocycles. The first kappa shape index (κ1) is 15.0. The number of rotatable bonds is 3. The minimum absolute atomic E-state index is 0.117. The summed E-state index contributed by atoms with van der Waals surface area (Å²) in [6, 6.07) is 5.46. The van der Waals surface area contributed by atoms with Crippen molar-refractivity contribution in [3.63, 3.8) is 0 Å². The van der Waals surface area contributed by atoms with Crippen molar-refractivity contribution < 1.29 is 4.39 Å². The van der Waals surface area contributed by atoms with E-state index in [4.69, 9.17) is 16.9 Å². The Balaban J connectivity index is 2.61. The van der Waals surface area contributed by atoms with Crippen LogP contribution >= 0.6 is 11.6 Å². The molecular weight excluding hydrogens is 297 g/mol. The number of aryl methyl sites for hydroxylation is 1. The molecule has 2 rings (SSSR count). The van der Waals surface area contributed by atoms with Gasteiger partial charge >= 0.3 is 5.69 Å². The average molecular weight is 308 g/mol. The lowest BCUT2D eigenvalue weighted by molar-refractivity contribution is 0.595. The Bertz CT molecular complexity index is 849. The van der Waals surface area contributed by atoms with E-state index in [2.05, 4.69) is 0 Å². The normalized spacial score (nSPS) is 10.4. The predicted molar refractivity (Wildman–Crippen MR) is 75.9 cm³/mol. The largest absolute Gasteiger partial charge is 0.331 e. The van der Waals surface area contributed by atoms with Crippen LogP contribution in [0, 0.1) is 17.1 Å². The molecule has 1 aromatic heterocycles. The van der Waals surface area contributed by atoms with Gasteiger partial charge in [-0.15, -0.1) is 0 Å². The maximum Gasteiger partial charge on any atom is 0.331 e. The molecule has 21 heavy (non-hydrogen) atoms. The maximum atomic E-state index is 13.0. The molecule has 0 amide bonds. The topological polar surface area (TPSA) is 67.8 Å². The summed E-state index contributed by atoms with van der Waals surface area (Å²) in [6.07, 6.45) is 1.23. The fourth-order valence-electron chi connectivity index (χ4n) is 1.92. The van der Waals surface area contributed by atoms with Gasteiger partial charge < -0.3 is 0 Å². The lowest BCUT2D eigenvalue weighted by Gasteiger charge is -2.10. The molecule has 2 aromatic rings. The van der Waals surface area contributed by atoms with Crippen LogP contribution < -0.4 is 11.2 Å². The van der Waals surface area contributed by atoms with Gasteiger partial charge in [-0.1, -0.05) is 17.7 Å². The number of aromatic nitrogens is 2. The maximum absolute atomic E-state index is 13.0. The Morgan fingerprint density at radius 3 is 2.67 bits per heavy atom. The van der Waals surface area contributed by atoms with Crippen LogP contribution in [0.15, 0.2) is 34.0 Å². The molecule has 0 saturated heterocycles. The van der Waals surface area contributed by atoms with Crippen LogP contribution in [-0.4, -0.2) is 9.13 Å². The summed E-state index contributed by atoms with van der Waals surface area (Å²) in [7, 11) is 0. The summed E-state index contributed by atoms with van der Waals surface area (Å²) in [5.41, 5.74) is -0.931. The van der Waals surface area contributed by atoms with Crippen molar-refractivity contribution in [1.29, 1.82) is 5.26 Å². The van der Waals surface area contributed by atoms with E-state index in [1.54, 1.807) is 13.0 Å². The fourth-order valence-corrected chi connectivity index (χ4v) is 2.14. The molecule has 0 atom stereocenters. The minimum Gasteiger partial charge on any atom is -0.299 e.